The SMILES string of the molecule is CNC(=O)c1ccn(C2CCCN(Cc3noc(C4CC4)n3)C2)n1. The summed E-state index contributed by atoms with van der Waals surface area (Å²) in [7, 11) is 1.62. The first kappa shape index (κ1) is 15.3. The van der Waals surface area contributed by atoms with E-state index in [4.69, 9.17) is 4.52 Å². The third-order valence-corrected chi connectivity index (χ3v) is 4.70. The summed E-state index contributed by atoms with van der Waals surface area (Å²) in [6.45, 7) is 2.60. The van der Waals surface area contributed by atoms with Crippen molar-refractivity contribution in [2.45, 2.75) is 44.2 Å². The molecule has 1 atom stereocenters. The summed E-state index contributed by atoms with van der Waals surface area (Å²) in [5.41, 5.74) is 0.460. The Morgan fingerprint density at radius 3 is 3.08 bits per heavy atom. The lowest BCUT2D eigenvalue weighted by molar-refractivity contribution is 0.0955. The number of likely N-dealkylation sites (tertiary alicyclic amines) is 1. The average Bonchev–Trinajstić information content (AvgIpc) is 3.15. The van der Waals surface area contributed by atoms with Crippen LogP contribution in [-0.4, -0.2) is 50.9 Å². The molecule has 0 aromatic carbocycles. The summed E-state index contributed by atoms with van der Waals surface area (Å²) in [4.78, 5) is 18.5. The molecule has 8 heteroatoms. The van der Waals surface area contributed by atoms with Gasteiger partial charge >= 0.3 is 0 Å². The molecule has 2 fully saturated rings. The van der Waals surface area contributed by atoms with Gasteiger partial charge in [0, 0.05) is 25.7 Å². The summed E-state index contributed by atoms with van der Waals surface area (Å²) >= 11 is 0. The van der Waals surface area contributed by atoms with Crippen molar-refractivity contribution in [1.29, 1.82) is 0 Å². The van der Waals surface area contributed by atoms with E-state index < -0.39 is 0 Å². The van der Waals surface area contributed by atoms with E-state index in [1.54, 1.807) is 13.1 Å². The van der Waals surface area contributed by atoms with Gasteiger partial charge in [0.1, 0.15) is 5.69 Å². The fourth-order valence-electron chi connectivity index (χ4n) is 3.21. The van der Waals surface area contributed by atoms with Gasteiger partial charge in [-0.15, -0.1) is 0 Å². The summed E-state index contributed by atoms with van der Waals surface area (Å²) in [6.07, 6.45) is 6.37. The lowest BCUT2D eigenvalue weighted by Gasteiger charge is -2.31. The molecule has 3 heterocycles. The van der Waals surface area contributed by atoms with Crippen molar-refractivity contribution in [3.63, 3.8) is 0 Å². The van der Waals surface area contributed by atoms with Gasteiger partial charge in [0.15, 0.2) is 5.82 Å². The fraction of sp³-hybridized carbons (Fsp3) is 0.625. The minimum Gasteiger partial charge on any atom is -0.354 e. The van der Waals surface area contributed by atoms with Crippen molar-refractivity contribution in [3.8, 4) is 0 Å². The number of aromatic nitrogens is 4. The van der Waals surface area contributed by atoms with Gasteiger partial charge < -0.3 is 9.84 Å². The highest BCUT2D eigenvalue weighted by Gasteiger charge is 2.30. The molecule has 24 heavy (non-hydrogen) atoms. The number of hydrogen-bond donors (Lipinski definition) is 1. The Morgan fingerprint density at radius 1 is 1.42 bits per heavy atom. The molecule has 0 spiro atoms. The Labute approximate surface area is 140 Å². The molecule has 2 aromatic rings. The number of hydrogen-bond acceptors (Lipinski definition) is 6. The van der Waals surface area contributed by atoms with Crippen LogP contribution in [0.3, 0.4) is 0 Å². The largest absolute Gasteiger partial charge is 0.354 e. The number of nitrogens with one attached hydrogen (secondary N) is 1. The third-order valence-electron chi connectivity index (χ3n) is 4.70. The summed E-state index contributed by atoms with van der Waals surface area (Å²) in [5, 5.41) is 11.1. The van der Waals surface area contributed by atoms with Crippen LogP contribution in [0.2, 0.25) is 0 Å². The van der Waals surface area contributed by atoms with Crippen molar-refractivity contribution in [2.75, 3.05) is 20.1 Å². The molecule has 1 amide bonds. The Kier molecular flexibility index (Phi) is 4.05. The molecular weight excluding hydrogens is 308 g/mol. The lowest BCUT2D eigenvalue weighted by Crippen LogP contribution is -2.36. The Balaban J connectivity index is 1.39. The van der Waals surface area contributed by atoms with E-state index >= 15 is 0 Å². The van der Waals surface area contributed by atoms with Gasteiger partial charge in [-0.1, -0.05) is 5.16 Å². The topological polar surface area (TPSA) is 89.1 Å². The van der Waals surface area contributed by atoms with Gasteiger partial charge in [0.2, 0.25) is 5.89 Å². The van der Waals surface area contributed by atoms with Gasteiger partial charge in [-0.3, -0.25) is 14.4 Å². The summed E-state index contributed by atoms with van der Waals surface area (Å²) in [6, 6.07) is 2.03. The van der Waals surface area contributed by atoms with Crippen LogP contribution < -0.4 is 5.32 Å². The van der Waals surface area contributed by atoms with Crippen molar-refractivity contribution in [2.24, 2.45) is 0 Å². The zero-order valence-corrected chi connectivity index (χ0v) is 13.8. The quantitative estimate of drug-likeness (QED) is 0.890. The molecule has 1 saturated heterocycles. The first-order valence-corrected chi connectivity index (χ1v) is 8.55. The molecule has 2 aromatic heterocycles. The van der Waals surface area contributed by atoms with E-state index in [1.165, 1.54) is 12.8 Å². The zero-order chi connectivity index (χ0) is 16.5. The third kappa shape index (κ3) is 3.19. The minimum absolute atomic E-state index is 0.152. The fourth-order valence-corrected chi connectivity index (χ4v) is 3.21. The number of carbonyl (C=O) groups is 1. The molecule has 128 valence electrons. The predicted molar refractivity (Wildman–Crippen MR) is 85.4 cm³/mol. The second kappa shape index (κ2) is 6.35. The molecule has 1 aliphatic carbocycles. The van der Waals surface area contributed by atoms with E-state index in [-0.39, 0.29) is 11.9 Å². The van der Waals surface area contributed by atoms with Crippen LogP contribution in [0, 0.1) is 0 Å². The van der Waals surface area contributed by atoms with Gasteiger partial charge in [-0.05, 0) is 38.3 Å². The Morgan fingerprint density at radius 2 is 2.29 bits per heavy atom. The van der Waals surface area contributed by atoms with Crippen LogP contribution in [0.5, 0.6) is 0 Å². The number of rotatable bonds is 5. The van der Waals surface area contributed by atoms with E-state index in [2.05, 4.69) is 25.5 Å². The molecule has 4 rings (SSSR count). The van der Waals surface area contributed by atoms with Gasteiger partial charge in [-0.25, -0.2) is 0 Å². The summed E-state index contributed by atoms with van der Waals surface area (Å²) in [5.74, 6) is 1.90. The highest BCUT2D eigenvalue weighted by atomic mass is 16.5. The second-order valence-corrected chi connectivity index (χ2v) is 6.61. The van der Waals surface area contributed by atoms with Crippen LogP contribution in [0.15, 0.2) is 16.8 Å². The lowest BCUT2D eigenvalue weighted by atomic mass is 10.1. The highest BCUT2D eigenvalue weighted by Crippen LogP contribution is 2.38. The first-order valence-electron chi connectivity index (χ1n) is 8.55. The van der Waals surface area contributed by atoms with E-state index in [1.807, 2.05) is 10.9 Å². The van der Waals surface area contributed by atoms with Crippen LogP contribution in [0.25, 0.3) is 0 Å². The number of piperidine rings is 1. The first-order chi connectivity index (χ1) is 11.7. The van der Waals surface area contributed by atoms with Crippen LogP contribution in [0.1, 0.15) is 59.8 Å². The maximum atomic E-state index is 11.7. The Bertz CT molecular complexity index is 720. The van der Waals surface area contributed by atoms with E-state index in [9.17, 15) is 4.79 Å². The second-order valence-electron chi connectivity index (χ2n) is 6.61. The van der Waals surface area contributed by atoms with E-state index in [0.29, 0.717) is 18.2 Å². The average molecular weight is 330 g/mol. The minimum atomic E-state index is -0.152. The monoisotopic (exact) mass is 330 g/mol. The highest BCUT2D eigenvalue weighted by molar-refractivity contribution is 5.91. The summed E-state index contributed by atoms with van der Waals surface area (Å²) < 4.78 is 7.24. The molecule has 2 aliphatic rings. The van der Waals surface area contributed by atoms with Crippen LogP contribution in [-0.2, 0) is 6.54 Å². The van der Waals surface area contributed by atoms with E-state index in [0.717, 1.165) is 37.6 Å². The van der Waals surface area contributed by atoms with Crippen molar-refractivity contribution < 1.29 is 9.32 Å². The van der Waals surface area contributed by atoms with Gasteiger partial charge in [0.25, 0.3) is 5.91 Å². The molecule has 0 bridgehead atoms. The molecular formula is C16H22N6O2. The Hall–Kier alpha value is -2.22. The smallest absolute Gasteiger partial charge is 0.271 e. The van der Waals surface area contributed by atoms with Crippen molar-refractivity contribution in [1.82, 2.24) is 30.1 Å². The molecule has 1 N–H and O–H groups in total. The normalized spacial score (nSPS) is 21.8. The van der Waals surface area contributed by atoms with Gasteiger partial charge in [0.05, 0.1) is 12.6 Å². The zero-order valence-electron chi connectivity index (χ0n) is 13.8. The molecule has 0 radical (unpaired) electrons. The number of carbonyl (C=O) groups excluding carboxylic acids is 1. The maximum Gasteiger partial charge on any atom is 0.271 e. The number of amides is 1. The standard InChI is InChI=1S/C16H22N6O2/c1-17-15(23)13-6-8-22(19-13)12-3-2-7-21(9-12)10-14-18-16(24-20-14)11-4-5-11/h6,8,11-12H,2-5,7,9-10H2,1H3,(H,17,23). The van der Waals surface area contributed by atoms with Crippen LogP contribution >= 0.6 is 0 Å². The van der Waals surface area contributed by atoms with Crippen LogP contribution in [0.4, 0.5) is 0 Å². The maximum absolute atomic E-state index is 11.7. The molecule has 1 aliphatic heterocycles. The predicted octanol–water partition coefficient (Wildman–Crippen LogP) is 1.34. The molecule has 8 nitrogen and oxygen atoms in total. The van der Waals surface area contributed by atoms with Gasteiger partial charge in [-0.2, -0.15) is 10.1 Å². The van der Waals surface area contributed by atoms with Crippen molar-refractivity contribution >= 4 is 5.91 Å². The molecule has 1 saturated carbocycles. The van der Waals surface area contributed by atoms with Crippen molar-refractivity contribution in [3.05, 3.63) is 29.7 Å². The number of nitrogens with zero attached hydrogens (tertiary/aromatic N) is 5. The molecule has 1 unspecified atom stereocenters.